The minimum Gasteiger partial charge on any atom is -0.356 e. The number of nitrogens with zero attached hydrogens (tertiary/aromatic N) is 4. The standard InChI is InChI=1S/C21H32N6/c1-5-18-25-19-12-11-17(14-27(19)26-18)24-20(22-4)23-15-21(2,3)13-16-9-7-6-8-10-16/h6-10,17H,5,11-15H2,1-4H3,(H2,22,23,24). The Morgan fingerprint density at radius 2 is 2.07 bits per heavy atom. The van der Waals surface area contributed by atoms with Crippen molar-refractivity contribution in [2.45, 2.75) is 59.0 Å². The highest BCUT2D eigenvalue weighted by Crippen LogP contribution is 2.20. The third-order valence-corrected chi connectivity index (χ3v) is 5.04. The van der Waals surface area contributed by atoms with Gasteiger partial charge in [0.25, 0.3) is 0 Å². The number of hydrogen-bond acceptors (Lipinski definition) is 3. The van der Waals surface area contributed by atoms with Gasteiger partial charge in [0.1, 0.15) is 5.82 Å². The Bertz CT molecular complexity index is 762. The number of aromatic nitrogens is 3. The summed E-state index contributed by atoms with van der Waals surface area (Å²) >= 11 is 0. The molecule has 0 spiro atoms. The van der Waals surface area contributed by atoms with Crippen LogP contribution in [-0.4, -0.2) is 40.4 Å². The molecule has 0 amide bonds. The van der Waals surface area contributed by atoms with Gasteiger partial charge in [0.15, 0.2) is 11.8 Å². The zero-order valence-electron chi connectivity index (χ0n) is 17.0. The number of rotatable bonds is 6. The maximum absolute atomic E-state index is 4.59. The number of fused-ring (bicyclic) bond motifs is 1. The van der Waals surface area contributed by atoms with Gasteiger partial charge in [-0.15, -0.1) is 0 Å². The van der Waals surface area contributed by atoms with Crippen LogP contribution in [0.15, 0.2) is 35.3 Å². The summed E-state index contributed by atoms with van der Waals surface area (Å²) < 4.78 is 2.05. The number of aryl methyl sites for hydroxylation is 2. The molecule has 2 aromatic rings. The lowest BCUT2D eigenvalue weighted by molar-refractivity contribution is 0.353. The molecule has 3 rings (SSSR count). The fraction of sp³-hybridized carbons (Fsp3) is 0.571. The molecule has 0 aliphatic carbocycles. The molecule has 6 nitrogen and oxygen atoms in total. The van der Waals surface area contributed by atoms with Crippen LogP contribution in [0, 0.1) is 5.41 Å². The van der Waals surface area contributed by atoms with Crippen molar-refractivity contribution < 1.29 is 0 Å². The van der Waals surface area contributed by atoms with Crippen LogP contribution in [0.1, 0.15) is 44.4 Å². The molecular formula is C21H32N6. The first-order valence-electron chi connectivity index (χ1n) is 9.93. The van der Waals surface area contributed by atoms with Crippen molar-refractivity contribution in [3.8, 4) is 0 Å². The van der Waals surface area contributed by atoms with E-state index >= 15 is 0 Å². The van der Waals surface area contributed by atoms with Crippen molar-refractivity contribution in [2.24, 2.45) is 10.4 Å². The summed E-state index contributed by atoms with van der Waals surface area (Å²) in [6.07, 6.45) is 3.93. The molecule has 1 aliphatic heterocycles. The number of aliphatic imine (C=N–C) groups is 1. The van der Waals surface area contributed by atoms with Gasteiger partial charge in [0.05, 0.1) is 6.54 Å². The highest BCUT2D eigenvalue weighted by Gasteiger charge is 2.23. The highest BCUT2D eigenvalue weighted by atomic mass is 15.4. The predicted molar refractivity (Wildman–Crippen MR) is 110 cm³/mol. The molecule has 0 fully saturated rings. The van der Waals surface area contributed by atoms with Crippen molar-refractivity contribution in [1.29, 1.82) is 0 Å². The third-order valence-electron chi connectivity index (χ3n) is 5.04. The summed E-state index contributed by atoms with van der Waals surface area (Å²) in [4.78, 5) is 9.01. The molecule has 1 aromatic carbocycles. The van der Waals surface area contributed by atoms with E-state index < -0.39 is 0 Å². The van der Waals surface area contributed by atoms with Gasteiger partial charge in [-0.05, 0) is 23.8 Å². The topological polar surface area (TPSA) is 67.1 Å². The molecular weight excluding hydrogens is 336 g/mol. The fourth-order valence-electron chi connectivity index (χ4n) is 3.55. The van der Waals surface area contributed by atoms with Crippen molar-refractivity contribution in [2.75, 3.05) is 13.6 Å². The lowest BCUT2D eigenvalue weighted by atomic mass is 9.86. The molecule has 6 heteroatoms. The quantitative estimate of drug-likeness (QED) is 0.607. The van der Waals surface area contributed by atoms with E-state index in [9.17, 15) is 0 Å². The molecule has 146 valence electrons. The van der Waals surface area contributed by atoms with Crippen LogP contribution < -0.4 is 10.6 Å². The maximum Gasteiger partial charge on any atom is 0.191 e. The first kappa shape index (κ1) is 19.4. The Morgan fingerprint density at radius 1 is 1.30 bits per heavy atom. The lowest BCUT2D eigenvalue weighted by Gasteiger charge is -2.29. The summed E-state index contributed by atoms with van der Waals surface area (Å²) in [5.41, 5.74) is 1.51. The van der Waals surface area contributed by atoms with Gasteiger partial charge in [-0.2, -0.15) is 5.10 Å². The number of nitrogens with one attached hydrogen (secondary N) is 2. The highest BCUT2D eigenvalue weighted by molar-refractivity contribution is 5.80. The van der Waals surface area contributed by atoms with Gasteiger partial charge < -0.3 is 10.6 Å². The summed E-state index contributed by atoms with van der Waals surface area (Å²) in [6, 6.07) is 11.0. The Labute approximate surface area is 162 Å². The van der Waals surface area contributed by atoms with E-state index in [1.807, 2.05) is 11.7 Å². The molecule has 2 N–H and O–H groups in total. The van der Waals surface area contributed by atoms with E-state index in [0.29, 0.717) is 6.04 Å². The first-order valence-corrected chi connectivity index (χ1v) is 9.93. The molecule has 1 atom stereocenters. The van der Waals surface area contributed by atoms with E-state index in [0.717, 1.165) is 56.4 Å². The molecule has 1 aromatic heterocycles. The van der Waals surface area contributed by atoms with E-state index in [2.05, 4.69) is 76.8 Å². The van der Waals surface area contributed by atoms with Crippen LogP contribution in [0.25, 0.3) is 0 Å². The zero-order chi connectivity index (χ0) is 19.3. The maximum atomic E-state index is 4.59. The number of guanidine groups is 1. The van der Waals surface area contributed by atoms with Crippen LogP contribution in [0.3, 0.4) is 0 Å². The SMILES string of the molecule is CCc1nc2n(n1)CC(NC(=NC)NCC(C)(C)Cc1ccccc1)CC2. The number of benzene rings is 1. The first-order chi connectivity index (χ1) is 13.0. The Morgan fingerprint density at radius 3 is 2.78 bits per heavy atom. The molecule has 1 aliphatic rings. The summed E-state index contributed by atoms with van der Waals surface area (Å²) in [5, 5.41) is 11.7. The van der Waals surface area contributed by atoms with Crippen LogP contribution in [-0.2, 0) is 25.8 Å². The minimum absolute atomic E-state index is 0.140. The van der Waals surface area contributed by atoms with Crippen LogP contribution in [0.4, 0.5) is 0 Å². The van der Waals surface area contributed by atoms with Gasteiger partial charge in [0, 0.05) is 32.5 Å². The summed E-state index contributed by atoms with van der Waals surface area (Å²) in [5.74, 6) is 2.91. The average molecular weight is 369 g/mol. The van der Waals surface area contributed by atoms with Crippen LogP contribution in [0.5, 0.6) is 0 Å². The smallest absolute Gasteiger partial charge is 0.191 e. The van der Waals surface area contributed by atoms with E-state index in [4.69, 9.17) is 0 Å². The van der Waals surface area contributed by atoms with Crippen molar-refractivity contribution in [1.82, 2.24) is 25.4 Å². The van der Waals surface area contributed by atoms with E-state index in [-0.39, 0.29) is 5.41 Å². The molecule has 0 saturated heterocycles. The largest absolute Gasteiger partial charge is 0.356 e. The fourth-order valence-corrected chi connectivity index (χ4v) is 3.55. The van der Waals surface area contributed by atoms with Gasteiger partial charge in [-0.25, -0.2) is 9.67 Å². The number of hydrogen-bond donors (Lipinski definition) is 2. The van der Waals surface area contributed by atoms with Gasteiger partial charge >= 0.3 is 0 Å². The minimum atomic E-state index is 0.140. The normalized spacial score (nSPS) is 17.5. The molecule has 2 heterocycles. The van der Waals surface area contributed by atoms with Crippen molar-refractivity contribution in [3.05, 3.63) is 47.5 Å². The second kappa shape index (κ2) is 8.55. The summed E-state index contributed by atoms with van der Waals surface area (Å²) in [6.45, 7) is 8.38. The molecule has 0 saturated carbocycles. The van der Waals surface area contributed by atoms with Crippen LogP contribution in [0.2, 0.25) is 0 Å². The second-order valence-electron chi connectivity index (χ2n) is 8.11. The third kappa shape index (κ3) is 5.31. The molecule has 27 heavy (non-hydrogen) atoms. The zero-order valence-corrected chi connectivity index (χ0v) is 17.0. The van der Waals surface area contributed by atoms with Crippen LogP contribution >= 0.6 is 0 Å². The van der Waals surface area contributed by atoms with Gasteiger partial charge in [0.2, 0.25) is 0 Å². The summed E-state index contributed by atoms with van der Waals surface area (Å²) in [7, 11) is 1.83. The average Bonchev–Trinajstić information content (AvgIpc) is 3.08. The monoisotopic (exact) mass is 368 g/mol. The van der Waals surface area contributed by atoms with E-state index in [1.165, 1.54) is 5.56 Å². The van der Waals surface area contributed by atoms with Crippen molar-refractivity contribution >= 4 is 5.96 Å². The lowest BCUT2D eigenvalue weighted by Crippen LogP contribution is -2.49. The Balaban J connectivity index is 1.52. The predicted octanol–water partition coefficient (Wildman–Crippen LogP) is 2.59. The molecule has 0 radical (unpaired) electrons. The van der Waals surface area contributed by atoms with E-state index in [1.54, 1.807) is 0 Å². The van der Waals surface area contributed by atoms with Gasteiger partial charge in [-0.3, -0.25) is 4.99 Å². The Hall–Kier alpha value is -2.37. The Kier molecular flexibility index (Phi) is 6.14. The molecule has 1 unspecified atom stereocenters. The van der Waals surface area contributed by atoms with Gasteiger partial charge in [-0.1, -0.05) is 51.1 Å². The van der Waals surface area contributed by atoms with Crippen molar-refractivity contribution in [3.63, 3.8) is 0 Å². The second-order valence-corrected chi connectivity index (χ2v) is 8.11. The molecule has 0 bridgehead atoms.